The molecular formula is C16H13Cl4NOS. The summed E-state index contributed by atoms with van der Waals surface area (Å²) in [5.41, 5.74) is 0.893. The van der Waals surface area contributed by atoms with E-state index in [2.05, 4.69) is 5.32 Å². The summed E-state index contributed by atoms with van der Waals surface area (Å²) in [4.78, 5) is 13.0. The largest absolute Gasteiger partial charge is 0.340 e. The first kappa shape index (κ1) is 18.8. The van der Waals surface area contributed by atoms with Crippen molar-refractivity contribution < 1.29 is 4.79 Å². The SMILES string of the molecule is O=C(Cc1ccccc1)N[C@H](Sc1ccc(Cl)cc1)C(Cl)(Cl)Cl. The molecule has 2 aromatic carbocycles. The fourth-order valence-corrected chi connectivity index (χ4v) is 3.39. The van der Waals surface area contributed by atoms with Gasteiger partial charge in [0.05, 0.1) is 6.42 Å². The van der Waals surface area contributed by atoms with Gasteiger partial charge in [0.1, 0.15) is 5.37 Å². The molecule has 0 saturated heterocycles. The molecule has 0 aliphatic rings. The molecule has 2 rings (SSSR count). The molecule has 0 radical (unpaired) electrons. The number of thioether (sulfide) groups is 1. The van der Waals surface area contributed by atoms with Gasteiger partial charge in [-0.05, 0) is 29.8 Å². The Balaban J connectivity index is 2.04. The van der Waals surface area contributed by atoms with Crippen molar-refractivity contribution in [1.29, 1.82) is 0 Å². The lowest BCUT2D eigenvalue weighted by Gasteiger charge is -2.25. The van der Waals surface area contributed by atoms with Crippen LogP contribution in [0.2, 0.25) is 5.02 Å². The maximum absolute atomic E-state index is 12.2. The van der Waals surface area contributed by atoms with Crippen molar-refractivity contribution in [3.05, 3.63) is 65.2 Å². The number of hydrogen-bond acceptors (Lipinski definition) is 2. The van der Waals surface area contributed by atoms with Crippen molar-refractivity contribution in [3.63, 3.8) is 0 Å². The molecule has 0 heterocycles. The number of halogens is 4. The summed E-state index contributed by atoms with van der Waals surface area (Å²) in [5.74, 6) is -0.214. The van der Waals surface area contributed by atoms with Crippen molar-refractivity contribution >= 4 is 64.1 Å². The molecule has 1 N–H and O–H groups in total. The van der Waals surface area contributed by atoms with E-state index in [1.807, 2.05) is 30.3 Å². The van der Waals surface area contributed by atoms with Crippen molar-refractivity contribution in [2.75, 3.05) is 0 Å². The van der Waals surface area contributed by atoms with E-state index in [4.69, 9.17) is 46.4 Å². The zero-order valence-corrected chi connectivity index (χ0v) is 15.6. The van der Waals surface area contributed by atoms with E-state index < -0.39 is 9.17 Å². The minimum absolute atomic E-state index is 0.214. The third kappa shape index (κ3) is 6.44. The predicted molar refractivity (Wildman–Crippen MR) is 99.7 cm³/mol. The molecule has 7 heteroatoms. The van der Waals surface area contributed by atoms with Gasteiger partial charge < -0.3 is 5.32 Å². The molecule has 2 aromatic rings. The fourth-order valence-electron chi connectivity index (χ4n) is 1.81. The Hall–Kier alpha value is -0.580. The van der Waals surface area contributed by atoms with Crippen LogP contribution in [0.25, 0.3) is 0 Å². The number of carbonyl (C=O) groups is 1. The molecule has 1 atom stereocenters. The van der Waals surface area contributed by atoms with E-state index in [0.717, 1.165) is 10.5 Å². The third-order valence-electron chi connectivity index (χ3n) is 2.86. The molecule has 0 saturated carbocycles. The topological polar surface area (TPSA) is 29.1 Å². The molecule has 0 bridgehead atoms. The smallest absolute Gasteiger partial charge is 0.225 e. The Morgan fingerprint density at radius 3 is 2.22 bits per heavy atom. The maximum atomic E-state index is 12.2. The number of rotatable bonds is 5. The van der Waals surface area contributed by atoms with Crippen LogP contribution in [0.5, 0.6) is 0 Å². The zero-order valence-electron chi connectivity index (χ0n) is 11.8. The van der Waals surface area contributed by atoms with Gasteiger partial charge in [-0.1, -0.05) is 88.5 Å². The van der Waals surface area contributed by atoms with Gasteiger partial charge in [0, 0.05) is 9.92 Å². The lowest BCUT2D eigenvalue weighted by Crippen LogP contribution is -2.42. The van der Waals surface area contributed by atoms with Gasteiger partial charge in [0.2, 0.25) is 9.70 Å². The second-order valence-corrected chi connectivity index (χ2v) is 8.71. The van der Waals surface area contributed by atoms with Gasteiger partial charge in [0.15, 0.2) is 0 Å². The second-order valence-electron chi connectivity index (χ2n) is 4.72. The minimum atomic E-state index is -1.64. The quantitative estimate of drug-likeness (QED) is 0.402. The average Bonchev–Trinajstić information content (AvgIpc) is 2.49. The summed E-state index contributed by atoms with van der Waals surface area (Å²) in [5, 5.41) is 2.66. The first-order valence-corrected chi connectivity index (χ1v) is 9.06. The number of amides is 1. The summed E-state index contributed by atoms with van der Waals surface area (Å²) >= 11 is 25.1. The summed E-state index contributed by atoms with van der Waals surface area (Å²) in [6, 6.07) is 16.5. The highest BCUT2D eigenvalue weighted by atomic mass is 35.6. The molecule has 0 aliphatic heterocycles. The Morgan fingerprint density at radius 1 is 1.04 bits per heavy atom. The van der Waals surface area contributed by atoms with Crippen LogP contribution in [0.15, 0.2) is 59.5 Å². The van der Waals surface area contributed by atoms with E-state index in [1.165, 1.54) is 11.8 Å². The molecule has 2 nitrogen and oxygen atoms in total. The van der Waals surface area contributed by atoms with Gasteiger partial charge in [-0.2, -0.15) is 0 Å². The normalized spacial score (nSPS) is 12.7. The standard InChI is InChI=1S/C16H13Cl4NOS/c17-12-6-8-13(9-7-12)23-15(16(18,19)20)21-14(22)10-11-4-2-1-3-5-11/h1-9,15H,10H2,(H,21,22)/t15-/m1/s1. The van der Waals surface area contributed by atoms with Crippen molar-refractivity contribution in [2.24, 2.45) is 0 Å². The molecular weight excluding hydrogens is 396 g/mol. The molecule has 0 aromatic heterocycles. The molecule has 0 aliphatic carbocycles. The van der Waals surface area contributed by atoms with Crippen LogP contribution >= 0.6 is 58.2 Å². The third-order valence-corrected chi connectivity index (χ3v) is 5.41. The van der Waals surface area contributed by atoms with Crippen LogP contribution < -0.4 is 5.32 Å². The average molecular weight is 409 g/mol. The van der Waals surface area contributed by atoms with Crippen LogP contribution in [0.1, 0.15) is 5.56 Å². The zero-order chi connectivity index (χ0) is 16.9. The second kappa shape index (κ2) is 8.50. The lowest BCUT2D eigenvalue weighted by molar-refractivity contribution is -0.120. The highest BCUT2D eigenvalue weighted by Crippen LogP contribution is 2.39. The van der Waals surface area contributed by atoms with E-state index in [0.29, 0.717) is 5.02 Å². The molecule has 1 amide bonds. The van der Waals surface area contributed by atoms with E-state index >= 15 is 0 Å². The van der Waals surface area contributed by atoms with E-state index in [9.17, 15) is 4.79 Å². The lowest BCUT2D eigenvalue weighted by atomic mass is 10.1. The summed E-state index contributed by atoms with van der Waals surface area (Å²) in [7, 11) is 0. The van der Waals surface area contributed by atoms with Crippen molar-refractivity contribution in [3.8, 4) is 0 Å². The summed E-state index contributed by atoms with van der Waals surface area (Å²) < 4.78 is -1.64. The molecule has 0 fully saturated rings. The summed E-state index contributed by atoms with van der Waals surface area (Å²) in [6.07, 6.45) is 0.221. The number of hydrogen-bond donors (Lipinski definition) is 1. The monoisotopic (exact) mass is 407 g/mol. The van der Waals surface area contributed by atoms with Gasteiger partial charge in [-0.15, -0.1) is 0 Å². The van der Waals surface area contributed by atoms with Crippen LogP contribution in [0, 0.1) is 0 Å². The van der Waals surface area contributed by atoms with Crippen LogP contribution in [0.4, 0.5) is 0 Å². The Labute approximate surface area is 159 Å². The highest BCUT2D eigenvalue weighted by Gasteiger charge is 2.34. The van der Waals surface area contributed by atoms with Crippen molar-refractivity contribution in [1.82, 2.24) is 5.32 Å². The first-order valence-electron chi connectivity index (χ1n) is 6.67. The van der Waals surface area contributed by atoms with Gasteiger partial charge in [0.25, 0.3) is 0 Å². The highest BCUT2D eigenvalue weighted by molar-refractivity contribution is 8.00. The van der Waals surface area contributed by atoms with Crippen LogP contribution in [0.3, 0.4) is 0 Å². The van der Waals surface area contributed by atoms with Gasteiger partial charge in [-0.25, -0.2) is 0 Å². The van der Waals surface area contributed by atoms with Crippen LogP contribution in [-0.2, 0) is 11.2 Å². The number of carbonyl (C=O) groups excluding carboxylic acids is 1. The number of nitrogens with one attached hydrogen (secondary N) is 1. The number of alkyl halides is 3. The maximum Gasteiger partial charge on any atom is 0.225 e. The Morgan fingerprint density at radius 2 is 1.65 bits per heavy atom. The predicted octanol–water partition coefficient (Wildman–Crippen LogP) is 5.49. The molecule has 0 spiro atoms. The first-order chi connectivity index (χ1) is 10.8. The Bertz CT molecular complexity index is 643. The van der Waals surface area contributed by atoms with Crippen LogP contribution in [-0.4, -0.2) is 15.1 Å². The molecule has 0 unspecified atom stereocenters. The number of benzene rings is 2. The van der Waals surface area contributed by atoms with Gasteiger partial charge in [-0.3, -0.25) is 4.79 Å². The summed E-state index contributed by atoms with van der Waals surface area (Å²) in [6.45, 7) is 0. The molecule has 122 valence electrons. The minimum Gasteiger partial charge on any atom is -0.340 e. The van der Waals surface area contributed by atoms with Crippen molar-refractivity contribution in [2.45, 2.75) is 20.5 Å². The van der Waals surface area contributed by atoms with E-state index in [-0.39, 0.29) is 12.3 Å². The molecule has 23 heavy (non-hydrogen) atoms. The fraction of sp³-hybridized carbons (Fsp3) is 0.188. The Kier molecular flexibility index (Phi) is 6.93. The van der Waals surface area contributed by atoms with Gasteiger partial charge >= 0.3 is 0 Å². The van der Waals surface area contributed by atoms with E-state index in [1.54, 1.807) is 24.3 Å².